The zero-order valence-corrected chi connectivity index (χ0v) is 21.4. The van der Waals surface area contributed by atoms with Gasteiger partial charge >= 0.3 is 0 Å². The van der Waals surface area contributed by atoms with Gasteiger partial charge in [0.05, 0.1) is 0 Å². The highest BCUT2D eigenvalue weighted by molar-refractivity contribution is 5.88. The molecule has 1 aliphatic rings. The summed E-state index contributed by atoms with van der Waals surface area (Å²) < 4.78 is 19.0. The van der Waals surface area contributed by atoms with Crippen LogP contribution in [0.15, 0.2) is 78.9 Å². The molecule has 3 aromatic carbocycles. The van der Waals surface area contributed by atoms with Crippen molar-refractivity contribution in [2.45, 2.75) is 64.1 Å². The second-order valence-electron chi connectivity index (χ2n) is 9.80. The van der Waals surface area contributed by atoms with Gasteiger partial charge in [0.2, 0.25) is 5.91 Å². The average molecular weight is 503 g/mol. The number of hydrogen-bond donors (Lipinski definition) is 1. The van der Waals surface area contributed by atoms with Crippen LogP contribution in [0.25, 0.3) is 0 Å². The van der Waals surface area contributed by atoms with Crippen molar-refractivity contribution in [1.29, 1.82) is 0 Å². The molecule has 0 aromatic heterocycles. The van der Waals surface area contributed by atoms with Gasteiger partial charge in [-0.25, -0.2) is 4.39 Å². The molecule has 1 N–H and O–H groups in total. The standard InChI is InChI=1S/C31H35FN2O3/c1-23-12-14-25(15-13-23)21-34(30(35)22-37-28-18-16-26(32)17-19-28)29(20-24-8-4-2-5-9-24)31(36)33-27-10-6-3-7-11-27/h2,4-5,8-9,12-19,27,29H,3,6-7,10-11,20-22H2,1H3,(H,33,36). The van der Waals surface area contributed by atoms with Crippen LogP contribution in [0, 0.1) is 12.7 Å². The van der Waals surface area contributed by atoms with E-state index >= 15 is 0 Å². The molecule has 3 aromatic rings. The third-order valence-electron chi connectivity index (χ3n) is 6.87. The summed E-state index contributed by atoms with van der Waals surface area (Å²) in [5, 5.41) is 3.23. The Morgan fingerprint density at radius 2 is 1.59 bits per heavy atom. The number of rotatable bonds is 10. The maximum atomic E-state index is 13.7. The largest absolute Gasteiger partial charge is 0.484 e. The molecule has 2 amide bonds. The van der Waals surface area contributed by atoms with E-state index in [1.54, 1.807) is 4.90 Å². The molecule has 0 radical (unpaired) electrons. The molecule has 0 bridgehead atoms. The summed E-state index contributed by atoms with van der Waals surface area (Å²) in [5.41, 5.74) is 3.04. The van der Waals surface area contributed by atoms with E-state index in [0.717, 1.165) is 42.4 Å². The molecule has 0 spiro atoms. The average Bonchev–Trinajstić information content (AvgIpc) is 2.92. The van der Waals surface area contributed by atoms with E-state index in [1.807, 2.05) is 61.5 Å². The maximum Gasteiger partial charge on any atom is 0.261 e. The fourth-order valence-electron chi connectivity index (χ4n) is 4.75. The molecule has 0 saturated heterocycles. The number of carbonyl (C=O) groups excluding carboxylic acids is 2. The van der Waals surface area contributed by atoms with E-state index in [1.165, 1.54) is 30.7 Å². The van der Waals surface area contributed by atoms with E-state index in [4.69, 9.17) is 4.74 Å². The Morgan fingerprint density at radius 3 is 2.27 bits per heavy atom. The van der Waals surface area contributed by atoms with Crippen molar-refractivity contribution in [1.82, 2.24) is 10.2 Å². The minimum atomic E-state index is -0.699. The van der Waals surface area contributed by atoms with Gasteiger partial charge in [0, 0.05) is 19.0 Å². The van der Waals surface area contributed by atoms with Gasteiger partial charge in [-0.05, 0) is 55.2 Å². The summed E-state index contributed by atoms with van der Waals surface area (Å²) in [6.45, 7) is 2.04. The number of hydrogen-bond acceptors (Lipinski definition) is 3. The number of nitrogens with zero attached hydrogens (tertiary/aromatic N) is 1. The van der Waals surface area contributed by atoms with Gasteiger partial charge in [-0.2, -0.15) is 0 Å². The molecule has 1 saturated carbocycles. The number of nitrogens with one attached hydrogen (secondary N) is 1. The monoisotopic (exact) mass is 502 g/mol. The van der Waals surface area contributed by atoms with Crippen molar-refractivity contribution < 1.29 is 18.7 Å². The SMILES string of the molecule is Cc1ccc(CN(C(=O)COc2ccc(F)cc2)C(Cc2ccccc2)C(=O)NC2CCCCC2)cc1. The number of carbonyl (C=O) groups is 2. The van der Waals surface area contributed by atoms with Gasteiger partial charge in [-0.1, -0.05) is 79.4 Å². The van der Waals surface area contributed by atoms with Crippen molar-refractivity contribution in [3.05, 3.63) is 101 Å². The number of halogens is 1. The van der Waals surface area contributed by atoms with E-state index in [9.17, 15) is 14.0 Å². The van der Waals surface area contributed by atoms with Gasteiger partial charge < -0.3 is 15.0 Å². The van der Waals surface area contributed by atoms with E-state index in [2.05, 4.69) is 5.32 Å². The molecule has 0 aliphatic heterocycles. The van der Waals surface area contributed by atoms with Crippen LogP contribution in [0.4, 0.5) is 4.39 Å². The van der Waals surface area contributed by atoms with Crippen molar-refractivity contribution in [3.8, 4) is 5.75 Å². The van der Waals surface area contributed by atoms with Crippen LogP contribution in [0.2, 0.25) is 0 Å². The molecule has 0 heterocycles. The van der Waals surface area contributed by atoms with Gasteiger partial charge in [-0.15, -0.1) is 0 Å². The molecule has 5 nitrogen and oxygen atoms in total. The minimum Gasteiger partial charge on any atom is -0.484 e. The second-order valence-corrected chi connectivity index (χ2v) is 9.80. The highest BCUT2D eigenvalue weighted by atomic mass is 19.1. The topological polar surface area (TPSA) is 58.6 Å². The molecule has 1 unspecified atom stereocenters. The van der Waals surface area contributed by atoms with E-state index in [-0.39, 0.29) is 36.8 Å². The lowest BCUT2D eigenvalue weighted by Crippen LogP contribution is -2.53. The van der Waals surface area contributed by atoms with Crippen LogP contribution in [0.5, 0.6) is 5.75 Å². The summed E-state index contributed by atoms with van der Waals surface area (Å²) in [6.07, 6.45) is 5.72. The smallest absolute Gasteiger partial charge is 0.261 e. The summed E-state index contributed by atoms with van der Waals surface area (Å²) in [7, 11) is 0. The lowest BCUT2D eigenvalue weighted by atomic mass is 9.94. The first-order chi connectivity index (χ1) is 18.0. The maximum absolute atomic E-state index is 13.7. The highest BCUT2D eigenvalue weighted by Crippen LogP contribution is 2.20. The molecule has 4 rings (SSSR count). The van der Waals surface area contributed by atoms with E-state index < -0.39 is 6.04 Å². The minimum absolute atomic E-state index is 0.131. The first-order valence-corrected chi connectivity index (χ1v) is 13.1. The summed E-state index contributed by atoms with van der Waals surface area (Å²) in [5.74, 6) is -0.416. The third-order valence-corrected chi connectivity index (χ3v) is 6.87. The number of amides is 2. The lowest BCUT2D eigenvalue weighted by Gasteiger charge is -2.33. The normalized spacial score (nSPS) is 14.5. The molecule has 1 atom stereocenters. The van der Waals surface area contributed by atoms with Crippen LogP contribution in [-0.2, 0) is 22.6 Å². The summed E-state index contributed by atoms with van der Waals surface area (Å²) in [6, 6.07) is 22.7. The van der Waals surface area contributed by atoms with Gasteiger partial charge in [-0.3, -0.25) is 9.59 Å². The Kier molecular flexibility index (Phi) is 9.30. The molecule has 1 aliphatic carbocycles. The quantitative estimate of drug-likeness (QED) is 0.393. The van der Waals surface area contributed by atoms with Crippen LogP contribution in [0.1, 0.15) is 48.8 Å². The molecule has 1 fully saturated rings. The predicted octanol–water partition coefficient (Wildman–Crippen LogP) is 5.60. The Labute approximate surface area is 218 Å². The van der Waals surface area contributed by atoms with E-state index in [0.29, 0.717) is 12.2 Å². The fraction of sp³-hybridized carbons (Fsp3) is 0.355. The van der Waals surface area contributed by atoms with Crippen LogP contribution < -0.4 is 10.1 Å². The van der Waals surface area contributed by atoms with Crippen LogP contribution in [-0.4, -0.2) is 35.4 Å². The first kappa shape index (κ1) is 26.4. The molecule has 37 heavy (non-hydrogen) atoms. The highest BCUT2D eigenvalue weighted by Gasteiger charge is 2.32. The number of benzene rings is 3. The predicted molar refractivity (Wildman–Crippen MR) is 143 cm³/mol. The first-order valence-electron chi connectivity index (χ1n) is 13.1. The molecular weight excluding hydrogens is 467 g/mol. The molecule has 6 heteroatoms. The number of ether oxygens (including phenoxy) is 1. The lowest BCUT2D eigenvalue weighted by molar-refractivity contribution is -0.143. The van der Waals surface area contributed by atoms with Gasteiger partial charge in [0.25, 0.3) is 5.91 Å². The van der Waals surface area contributed by atoms with Crippen molar-refractivity contribution in [3.63, 3.8) is 0 Å². The van der Waals surface area contributed by atoms with Crippen LogP contribution >= 0.6 is 0 Å². The zero-order valence-electron chi connectivity index (χ0n) is 21.4. The van der Waals surface area contributed by atoms with Gasteiger partial charge in [0.15, 0.2) is 6.61 Å². The number of aryl methyl sites for hydroxylation is 1. The Morgan fingerprint density at radius 1 is 0.919 bits per heavy atom. The Hall–Kier alpha value is -3.67. The van der Waals surface area contributed by atoms with Crippen molar-refractivity contribution >= 4 is 11.8 Å². The zero-order chi connectivity index (χ0) is 26.0. The Bertz CT molecular complexity index is 1140. The van der Waals surface area contributed by atoms with Gasteiger partial charge in [0.1, 0.15) is 17.6 Å². The molecule has 194 valence electrons. The fourth-order valence-corrected chi connectivity index (χ4v) is 4.75. The summed E-state index contributed by atoms with van der Waals surface area (Å²) >= 11 is 0. The summed E-state index contributed by atoms with van der Waals surface area (Å²) in [4.78, 5) is 29.0. The van der Waals surface area contributed by atoms with Crippen molar-refractivity contribution in [2.24, 2.45) is 0 Å². The van der Waals surface area contributed by atoms with Crippen molar-refractivity contribution in [2.75, 3.05) is 6.61 Å². The Balaban J connectivity index is 1.59. The van der Waals surface area contributed by atoms with Crippen LogP contribution in [0.3, 0.4) is 0 Å². The second kappa shape index (κ2) is 13.0. The third kappa shape index (κ3) is 7.91. The molecular formula is C31H35FN2O3.